The molecule has 5 heteroatoms. The molecule has 1 aromatic carbocycles. The summed E-state index contributed by atoms with van der Waals surface area (Å²) in [6, 6.07) is 7.17. The van der Waals surface area contributed by atoms with Crippen molar-refractivity contribution in [2.75, 3.05) is 5.32 Å². The van der Waals surface area contributed by atoms with Crippen LogP contribution in [-0.2, 0) is 0 Å². The fourth-order valence-electron chi connectivity index (χ4n) is 1.44. The Bertz CT molecular complexity index is 582. The molecule has 0 unspecified atom stereocenters. The van der Waals surface area contributed by atoms with E-state index in [9.17, 15) is 14.3 Å². The maximum Gasteiger partial charge on any atom is 0.274 e. The number of phenols is 1. The Hall–Kier alpha value is -2.43. The van der Waals surface area contributed by atoms with Gasteiger partial charge in [0.05, 0.1) is 6.20 Å². The summed E-state index contributed by atoms with van der Waals surface area (Å²) >= 11 is 0. The minimum atomic E-state index is -0.493. The van der Waals surface area contributed by atoms with Gasteiger partial charge in [-0.15, -0.1) is 0 Å². The number of benzene rings is 1. The maximum absolute atomic E-state index is 12.7. The molecule has 1 amide bonds. The van der Waals surface area contributed by atoms with Gasteiger partial charge >= 0.3 is 0 Å². The van der Waals surface area contributed by atoms with Crippen molar-refractivity contribution < 1.29 is 14.3 Å². The molecule has 0 spiro atoms. The summed E-state index contributed by atoms with van der Waals surface area (Å²) in [6.07, 6.45) is 0.983. The number of aryl methyl sites for hydroxylation is 1. The number of hydrogen-bond acceptors (Lipinski definition) is 3. The topological polar surface area (TPSA) is 62.2 Å². The van der Waals surface area contributed by atoms with E-state index in [0.717, 1.165) is 6.20 Å². The normalized spacial score (nSPS) is 10.1. The number of nitrogens with zero attached hydrogens (tertiary/aromatic N) is 1. The number of amides is 1. The van der Waals surface area contributed by atoms with Gasteiger partial charge < -0.3 is 10.4 Å². The van der Waals surface area contributed by atoms with Crippen LogP contribution in [-0.4, -0.2) is 16.0 Å². The third kappa shape index (κ3) is 2.63. The molecule has 0 bridgehead atoms. The first kappa shape index (κ1) is 12.0. The van der Waals surface area contributed by atoms with Crippen LogP contribution in [0.5, 0.6) is 5.75 Å². The Morgan fingerprint density at radius 1 is 1.33 bits per heavy atom. The quantitative estimate of drug-likeness (QED) is 0.800. The van der Waals surface area contributed by atoms with Gasteiger partial charge in [-0.25, -0.2) is 9.37 Å². The Balaban J connectivity index is 2.16. The molecule has 0 radical (unpaired) electrons. The highest BCUT2D eigenvalue weighted by Crippen LogP contribution is 2.20. The third-order valence-electron chi connectivity index (χ3n) is 2.41. The lowest BCUT2D eigenvalue weighted by atomic mass is 10.2. The van der Waals surface area contributed by atoms with Gasteiger partial charge in [-0.05, 0) is 42.8 Å². The second-order valence-corrected chi connectivity index (χ2v) is 3.82. The Morgan fingerprint density at radius 3 is 2.72 bits per heavy atom. The second-order valence-electron chi connectivity index (χ2n) is 3.82. The summed E-state index contributed by atoms with van der Waals surface area (Å²) in [5.41, 5.74) is 1.32. The van der Waals surface area contributed by atoms with Gasteiger partial charge in [-0.3, -0.25) is 4.79 Å². The molecule has 0 aliphatic heterocycles. The standard InChI is InChI=1S/C13H11FN2O2/c1-8-6-10(3-5-12(8)17)16-13(18)11-4-2-9(14)7-15-11/h2-7,17H,1H3,(H,16,18). The number of pyridine rings is 1. The van der Waals surface area contributed by atoms with Gasteiger partial charge in [0.2, 0.25) is 0 Å². The fourth-order valence-corrected chi connectivity index (χ4v) is 1.44. The summed E-state index contributed by atoms with van der Waals surface area (Å²) in [4.78, 5) is 15.4. The molecule has 0 fully saturated rings. The zero-order valence-electron chi connectivity index (χ0n) is 9.64. The van der Waals surface area contributed by atoms with Gasteiger partial charge in [0.1, 0.15) is 17.3 Å². The summed E-state index contributed by atoms with van der Waals surface area (Å²) in [5, 5.41) is 12.0. The zero-order chi connectivity index (χ0) is 13.1. The number of phenolic OH excluding ortho intramolecular Hbond substituents is 1. The monoisotopic (exact) mass is 246 g/mol. The first-order valence-electron chi connectivity index (χ1n) is 5.29. The molecule has 4 nitrogen and oxygen atoms in total. The molecular formula is C13H11FN2O2. The van der Waals surface area contributed by atoms with E-state index in [1.807, 2.05) is 0 Å². The molecule has 0 saturated carbocycles. The van der Waals surface area contributed by atoms with Crippen molar-refractivity contribution in [2.45, 2.75) is 6.92 Å². The minimum Gasteiger partial charge on any atom is -0.508 e. The van der Waals surface area contributed by atoms with Crippen LogP contribution in [0.15, 0.2) is 36.5 Å². The first-order chi connectivity index (χ1) is 8.56. The largest absolute Gasteiger partial charge is 0.508 e. The predicted octanol–water partition coefficient (Wildman–Crippen LogP) is 2.49. The van der Waals surface area contributed by atoms with Gasteiger partial charge in [-0.2, -0.15) is 0 Å². The molecule has 0 aliphatic carbocycles. The molecule has 0 atom stereocenters. The van der Waals surface area contributed by atoms with Crippen LogP contribution >= 0.6 is 0 Å². The van der Waals surface area contributed by atoms with E-state index in [-0.39, 0.29) is 11.4 Å². The van der Waals surface area contributed by atoms with Crippen LogP contribution in [0.2, 0.25) is 0 Å². The van der Waals surface area contributed by atoms with Crippen LogP contribution < -0.4 is 5.32 Å². The average Bonchev–Trinajstić information content (AvgIpc) is 2.34. The highest BCUT2D eigenvalue weighted by atomic mass is 19.1. The smallest absolute Gasteiger partial charge is 0.274 e. The second kappa shape index (κ2) is 4.83. The summed E-state index contributed by atoms with van der Waals surface area (Å²) in [5.74, 6) is -0.764. The van der Waals surface area contributed by atoms with Gasteiger partial charge in [0.25, 0.3) is 5.91 Å². The fraction of sp³-hybridized carbons (Fsp3) is 0.0769. The first-order valence-corrected chi connectivity index (χ1v) is 5.29. The van der Waals surface area contributed by atoms with E-state index in [1.54, 1.807) is 19.1 Å². The lowest BCUT2D eigenvalue weighted by Gasteiger charge is -2.06. The highest BCUT2D eigenvalue weighted by molar-refractivity contribution is 6.02. The molecule has 2 aromatic rings. The highest BCUT2D eigenvalue weighted by Gasteiger charge is 2.08. The predicted molar refractivity (Wildman–Crippen MR) is 65.0 cm³/mol. The van der Waals surface area contributed by atoms with Gasteiger partial charge in [-0.1, -0.05) is 0 Å². The van der Waals surface area contributed by atoms with Crippen LogP contribution in [0.4, 0.5) is 10.1 Å². The van der Waals surface area contributed by atoms with E-state index < -0.39 is 11.7 Å². The van der Waals surface area contributed by atoms with E-state index in [4.69, 9.17) is 0 Å². The minimum absolute atomic E-state index is 0.127. The lowest BCUT2D eigenvalue weighted by molar-refractivity contribution is 0.102. The molecule has 0 saturated heterocycles. The van der Waals surface area contributed by atoms with E-state index in [0.29, 0.717) is 11.3 Å². The van der Waals surface area contributed by atoms with Crippen molar-refractivity contribution in [1.29, 1.82) is 0 Å². The van der Waals surface area contributed by atoms with Crippen LogP contribution in [0, 0.1) is 12.7 Å². The van der Waals surface area contributed by atoms with Crippen molar-refractivity contribution >= 4 is 11.6 Å². The average molecular weight is 246 g/mol. The van der Waals surface area contributed by atoms with Crippen LogP contribution in [0.3, 0.4) is 0 Å². The molecule has 92 valence electrons. The Labute approximate surface area is 103 Å². The number of carbonyl (C=O) groups is 1. The summed E-state index contributed by atoms with van der Waals surface area (Å²) in [6.45, 7) is 1.72. The van der Waals surface area contributed by atoms with Crippen LogP contribution in [0.1, 0.15) is 16.1 Å². The number of carbonyl (C=O) groups excluding carboxylic acids is 1. The van der Waals surface area contributed by atoms with Gasteiger partial charge in [0.15, 0.2) is 0 Å². The van der Waals surface area contributed by atoms with E-state index >= 15 is 0 Å². The van der Waals surface area contributed by atoms with Crippen LogP contribution in [0.25, 0.3) is 0 Å². The molecule has 18 heavy (non-hydrogen) atoms. The number of hydrogen-bond donors (Lipinski definition) is 2. The lowest BCUT2D eigenvalue weighted by Crippen LogP contribution is -2.13. The Kier molecular flexibility index (Phi) is 3.23. The van der Waals surface area contributed by atoms with Crippen molar-refractivity contribution in [3.05, 3.63) is 53.6 Å². The molecule has 2 rings (SSSR count). The molecule has 1 heterocycles. The molecular weight excluding hydrogens is 235 g/mol. The van der Waals surface area contributed by atoms with Crippen molar-refractivity contribution in [2.24, 2.45) is 0 Å². The van der Waals surface area contributed by atoms with Crippen molar-refractivity contribution in [3.63, 3.8) is 0 Å². The number of anilines is 1. The molecule has 0 aliphatic rings. The number of nitrogens with one attached hydrogen (secondary N) is 1. The number of aromatic nitrogens is 1. The SMILES string of the molecule is Cc1cc(NC(=O)c2ccc(F)cn2)ccc1O. The van der Waals surface area contributed by atoms with Crippen molar-refractivity contribution in [3.8, 4) is 5.75 Å². The maximum atomic E-state index is 12.7. The zero-order valence-corrected chi connectivity index (χ0v) is 9.64. The third-order valence-corrected chi connectivity index (χ3v) is 2.41. The van der Waals surface area contributed by atoms with E-state index in [2.05, 4.69) is 10.3 Å². The van der Waals surface area contributed by atoms with E-state index in [1.165, 1.54) is 18.2 Å². The summed E-state index contributed by atoms with van der Waals surface area (Å²) < 4.78 is 12.7. The molecule has 2 N–H and O–H groups in total. The number of halogens is 1. The van der Waals surface area contributed by atoms with Crippen molar-refractivity contribution in [1.82, 2.24) is 4.98 Å². The molecule has 1 aromatic heterocycles. The summed E-state index contributed by atoms with van der Waals surface area (Å²) in [7, 11) is 0. The number of aromatic hydroxyl groups is 1. The number of rotatable bonds is 2. The Morgan fingerprint density at radius 2 is 2.11 bits per heavy atom. The van der Waals surface area contributed by atoms with Gasteiger partial charge in [0, 0.05) is 5.69 Å².